The van der Waals surface area contributed by atoms with Crippen LogP contribution < -0.4 is 5.73 Å². The van der Waals surface area contributed by atoms with Gasteiger partial charge in [0, 0.05) is 12.6 Å². The van der Waals surface area contributed by atoms with Gasteiger partial charge in [0.2, 0.25) is 0 Å². The number of hydrogen-bond acceptors (Lipinski definition) is 5. The smallest absolute Gasteiger partial charge is 0.153 e. The van der Waals surface area contributed by atoms with Crippen molar-refractivity contribution in [2.45, 2.75) is 18.4 Å². The average Bonchev–Trinajstić information content (AvgIpc) is 2.45. The van der Waals surface area contributed by atoms with Crippen LogP contribution in [0.25, 0.3) is 0 Å². The van der Waals surface area contributed by atoms with Crippen LogP contribution in [0.4, 0.5) is 5.82 Å². The Hall–Kier alpha value is -1.14. The Kier molecular flexibility index (Phi) is 2.63. The van der Waals surface area contributed by atoms with Gasteiger partial charge in [0.1, 0.15) is 5.82 Å². The van der Waals surface area contributed by atoms with E-state index in [0.29, 0.717) is 11.4 Å². The molecule has 16 heavy (non-hydrogen) atoms. The van der Waals surface area contributed by atoms with Crippen LogP contribution in [0, 0.1) is 0 Å². The Bertz CT molecular complexity index is 501. The van der Waals surface area contributed by atoms with E-state index in [1.165, 1.54) is 0 Å². The van der Waals surface area contributed by atoms with Gasteiger partial charge in [-0.15, -0.1) is 0 Å². The quantitative estimate of drug-likeness (QED) is 0.746. The van der Waals surface area contributed by atoms with Gasteiger partial charge in [0.25, 0.3) is 0 Å². The summed E-state index contributed by atoms with van der Waals surface area (Å²) in [6.45, 7) is 0. The summed E-state index contributed by atoms with van der Waals surface area (Å²) < 4.78 is 22.6. The molecule has 3 N–H and O–H groups in total. The molecule has 0 aliphatic carbocycles. The Morgan fingerprint density at radius 1 is 1.56 bits per heavy atom. The van der Waals surface area contributed by atoms with Crippen LogP contribution in [0.5, 0.6) is 0 Å². The van der Waals surface area contributed by atoms with Crippen LogP contribution in [0.2, 0.25) is 0 Å². The highest BCUT2D eigenvalue weighted by Crippen LogP contribution is 2.28. The maximum atomic E-state index is 11.3. The highest BCUT2D eigenvalue weighted by Gasteiger charge is 2.40. The molecule has 6 heteroatoms. The second kappa shape index (κ2) is 3.71. The highest BCUT2D eigenvalue weighted by atomic mass is 32.2. The zero-order chi connectivity index (χ0) is 11.8. The summed E-state index contributed by atoms with van der Waals surface area (Å²) in [6, 6.07) is 3.48. The van der Waals surface area contributed by atoms with E-state index in [1.54, 1.807) is 18.3 Å². The molecule has 0 spiro atoms. The standard InChI is InChI=1S/C10H14N2O3S/c11-9-8(2-1-4-12-9)6-10(13)3-5-16(14,15)7-10/h1-2,4,13H,3,5-7H2,(H2,11,12). The van der Waals surface area contributed by atoms with E-state index < -0.39 is 15.4 Å². The van der Waals surface area contributed by atoms with Crippen LogP contribution in [0.15, 0.2) is 18.3 Å². The zero-order valence-corrected chi connectivity index (χ0v) is 9.57. The number of hydrogen-bond donors (Lipinski definition) is 2. The monoisotopic (exact) mass is 242 g/mol. The minimum absolute atomic E-state index is 0.0453. The predicted octanol–water partition coefficient (Wildman–Crippen LogP) is -0.244. The Morgan fingerprint density at radius 2 is 2.31 bits per heavy atom. The van der Waals surface area contributed by atoms with E-state index in [1.807, 2.05) is 0 Å². The van der Waals surface area contributed by atoms with Crippen LogP contribution in [0.1, 0.15) is 12.0 Å². The lowest BCUT2D eigenvalue weighted by Gasteiger charge is -2.20. The fourth-order valence-electron chi connectivity index (χ4n) is 1.99. The first kappa shape index (κ1) is 11.3. The SMILES string of the molecule is Nc1ncccc1CC1(O)CCS(=O)(=O)C1. The minimum atomic E-state index is -3.10. The molecule has 0 saturated carbocycles. The van der Waals surface area contributed by atoms with Gasteiger partial charge in [0.05, 0.1) is 17.1 Å². The van der Waals surface area contributed by atoms with Crippen LogP contribution >= 0.6 is 0 Å². The van der Waals surface area contributed by atoms with Gasteiger partial charge in [-0.2, -0.15) is 0 Å². The number of aliphatic hydroxyl groups is 1. The van der Waals surface area contributed by atoms with E-state index >= 15 is 0 Å². The van der Waals surface area contributed by atoms with E-state index in [9.17, 15) is 13.5 Å². The van der Waals surface area contributed by atoms with Gasteiger partial charge in [-0.3, -0.25) is 0 Å². The zero-order valence-electron chi connectivity index (χ0n) is 8.76. The second-order valence-corrected chi connectivity index (χ2v) is 6.47. The summed E-state index contributed by atoms with van der Waals surface area (Å²) in [6.07, 6.45) is 2.07. The summed E-state index contributed by atoms with van der Waals surface area (Å²) in [4.78, 5) is 3.91. The summed E-state index contributed by atoms with van der Waals surface area (Å²) in [5.74, 6) is 0.207. The van der Waals surface area contributed by atoms with Crippen molar-refractivity contribution in [1.29, 1.82) is 0 Å². The topological polar surface area (TPSA) is 93.3 Å². The molecule has 1 aromatic rings. The fourth-order valence-corrected chi connectivity index (χ4v) is 3.89. The molecule has 2 rings (SSSR count). The van der Waals surface area contributed by atoms with E-state index in [0.717, 1.165) is 0 Å². The van der Waals surface area contributed by atoms with Crippen LogP contribution in [-0.2, 0) is 16.3 Å². The molecular weight excluding hydrogens is 228 g/mol. The van der Waals surface area contributed by atoms with E-state index in [-0.39, 0.29) is 24.3 Å². The Morgan fingerprint density at radius 3 is 2.88 bits per heavy atom. The third-order valence-corrected chi connectivity index (χ3v) is 4.62. The van der Waals surface area contributed by atoms with Gasteiger partial charge in [-0.05, 0) is 18.1 Å². The Balaban J connectivity index is 2.20. The van der Waals surface area contributed by atoms with Gasteiger partial charge >= 0.3 is 0 Å². The first-order valence-corrected chi connectivity index (χ1v) is 6.85. The molecule has 0 radical (unpaired) electrons. The molecule has 1 aliphatic rings. The van der Waals surface area contributed by atoms with Crippen LogP contribution in [-0.4, -0.2) is 35.6 Å². The first-order chi connectivity index (χ1) is 7.40. The second-order valence-electron chi connectivity index (χ2n) is 4.29. The molecule has 0 aromatic carbocycles. The van der Waals surface area contributed by atoms with Crippen molar-refractivity contribution in [2.75, 3.05) is 17.2 Å². The van der Waals surface area contributed by atoms with Crippen molar-refractivity contribution < 1.29 is 13.5 Å². The maximum absolute atomic E-state index is 11.3. The first-order valence-electron chi connectivity index (χ1n) is 5.02. The van der Waals surface area contributed by atoms with Gasteiger partial charge in [-0.1, -0.05) is 6.07 Å². The number of rotatable bonds is 2. The molecule has 1 atom stereocenters. The molecular formula is C10H14N2O3S. The number of aromatic nitrogens is 1. The maximum Gasteiger partial charge on any atom is 0.153 e. The molecule has 0 bridgehead atoms. The summed E-state index contributed by atoms with van der Waals surface area (Å²) >= 11 is 0. The van der Waals surface area contributed by atoms with E-state index in [4.69, 9.17) is 5.73 Å². The number of anilines is 1. The van der Waals surface area contributed by atoms with Gasteiger partial charge in [0.15, 0.2) is 9.84 Å². The summed E-state index contributed by atoms with van der Waals surface area (Å²) in [5.41, 5.74) is 5.17. The fraction of sp³-hybridized carbons (Fsp3) is 0.500. The molecule has 1 fully saturated rings. The van der Waals surface area contributed by atoms with Crippen molar-refractivity contribution in [3.63, 3.8) is 0 Å². The molecule has 2 heterocycles. The van der Waals surface area contributed by atoms with Crippen molar-refractivity contribution in [3.05, 3.63) is 23.9 Å². The number of pyridine rings is 1. The van der Waals surface area contributed by atoms with Crippen molar-refractivity contribution >= 4 is 15.7 Å². The third-order valence-electron chi connectivity index (χ3n) is 2.81. The number of nitrogens with two attached hydrogens (primary N) is 1. The normalized spacial score (nSPS) is 28.1. The molecule has 5 nitrogen and oxygen atoms in total. The lowest BCUT2D eigenvalue weighted by atomic mass is 9.94. The molecule has 1 aliphatic heterocycles. The average molecular weight is 242 g/mol. The third kappa shape index (κ3) is 2.33. The Labute approximate surface area is 94.2 Å². The van der Waals surface area contributed by atoms with Crippen molar-refractivity contribution in [2.24, 2.45) is 0 Å². The lowest BCUT2D eigenvalue weighted by molar-refractivity contribution is 0.0683. The predicted molar refractivity (Wildman–Crippen MR) is 60.6 cm³/mol. The summed E-state index contributed by atoms with van der Waals surface area (Å²) in [5, 5.41) is 10.1. The molecule has 1 saturated heterocycles. The van der Waals surface area contributed by atoms with Gasteiger partial charge < -0.3 is 10.8 Å². The minimum Gasteiger partial charge on any atom is -0.388 e. The number of sulfone groups is 1. The number of nitrogen functional groups attached to an aromatic ring is 1. The lowest BCUT2D eigenvalue weighted by Crippen LogP contribution is -2.33. The van der Waals surface area contributed by atoms with Crippen LogP contribution in [0.3, 0.4) is 0 Å². The van der Waals surface area contributed by atoms with E-state index in [2.05, 4.69) is 4.98 Å². The molecule has 1 aromatic heterocycles. The highest BCUT2D eigenvalue weighted by molar-refractivity contribution is 7.91. The molecule has 0 amide bonds. The summed E-state index contributed by atoms with van der Waals surface area (Å²) in [7, 11) is -3.10. The molecule has 1 unspecified atom stereocenters. The largest absolute Gasteiger partial charge is 0.388 e. The molecule has 88 valence electrons. The van der Waals surface area contributed by atoms with Gasteiger partial charge in [-0.25, -0.2) is 13.4 Å². The van der Waals surface area contributed by atoms with Crippen molar-refractivity contribution in [1.82, 2.24) is 4.98 Å². The van der Waals surface area contributed by atoms with Crippen molar-refractivity contribution in [3.8, 4) is 0 Å². The number of nitrogens with zero attached hydrogens (tertiary/aromatic N) is 1.